The van der Waals surface area contributed by atoms with Crippen LogP contribution in [0.1, 0.15) is 65.9 Å². The van der Waals surface area contributed by atoms with Crippen molar-refractivity contribution in [3.05, 3.63) is 29.7 Å². The zero-order valence-electron chi connectivity index (χ0n) is 16.5. The van der Waals surface area contributed by atoms with Gasteiger partial charge in [-0.1, -0.05) is 0 Å². The topological polar surface area (TPSA) is 67.1 Å². The van der Waals surface area contributed by atoms with Gasteiger partial charge in [0.1, 0.15) is 18.0 Å². The first-order valence-corrected chi connectivity index (χ1v) is 9.00. The van der Waals surface area contributed by atoms with Crippen LogP contribution in [-0.4, -0.2) is 35.7 Å². The predicted molar refractivity (Wildman–Crippen MR) is 95.3 cm³/mol. The number of rotatable bonds is 4. The summed E-state index contributed by atoms with van der Waals surface area (Å²) in [5.74, 6) is -0.806. The molecular formula is C20H28O6. The fourth-order valence-electron chi connectivity index (χ4n) is 3.54. The molecule has 0 saturated carbocycles. The SMILES string of the molecule is C/C(=C\C(=O)[C@@H]1OC(C)(C)O[C@H]1C)c1coc([C@@H]2OC(C)(C)O[C@H]2C)c1. The zero-order chi connectivity index (χ0) is 19.3. The molecule has 6 nitrogen and oxygen atoms in total. The first-order valence-electron chi connectivity index (χ1n) is 9.00. The van der Waals surface area contributed by atoms with Gasteiger partial charge < -0.3 is 23.4 Å². The van der Waals surface area contributed by atoms with Crippen LogP contribution in [0.25, 0.3) is 5.57 Å². The summed E-state index contributed by atoms with van der Waals surface area (Å²) in [6.07, 6.45) is 1.96. The molecule has 144 valence electrons. The number of hydrogen-bond donors (Lipinski definition) is 0. The van der Waals surface area contributed by atoms with E-state index in [1.807, 2.05) is 54.5 Å². The van der Waals surface area contributed by atoms with Crippen molar-refractivity contribution in [1.29, 1.82) is 0 Å². The standard InChI is InChI=1S/C20H28O6/c1-11(8-15(21)17-12(2)23-19(4,5)25-17)14-9-16(22-10-14)18-13(3)24-20(6,7)26-18/h8-10,12-13,17-18H,1-7H3/b11-8+/t12-,13-,17+,18+/m0/s1. The lowest BCUT2D eigenvalue weighted by Gasteiger charge is -2.16. The summed E-state index contributed by atoms with van der Waals surface area (Å²) >= 11 is 0. The molecule has 0 bridgehead atoms. The van der Waals surface area contributed by atoms with Crippen LogP contribution in [0.4, 0.5) is 0 Å². The second-order valence-corrected chi connectivity index (χ2v) is 7.99. The number of allylic oxidation sites excluding steroid dienone is 1. The third-order valence-electron chi connectivity index (χ3n) is 4.61. The van der Waals surface area contributed by atoms with Crippen LogP contribution in [0.2, 0.25) is 0 Å². The molecule has 6 heteroatoms. The number of carbonyl (C=O) groups excluding carboxylic acids is 1. The van der Waals surface area contributed by atoms with Gasteiger partial charge in [-0.2, -0.15) is 0 Å². The summed E-state index contributed by atoms with van der Waals surface area (Å²) in [4.78, 5) is 12.6. The van der Waals surface area contributed by atoms with E-state index in [1.54, 1.807) is 12.3 Å². The van der Waals surface area contributed by atoms with Crippen molar-refractivity contribution >= 4 is 11.4 Å². The van der Waals surface area contributed by atoms with E-state index in [-0.39, 0.29) is 24.1 Å². The zero-order valence-corrected chi connectivity index (χ0v) is 16.5. The third-order valence-corrected chi connectivity index (χ3v) is 4.61. The molecule has 0 spiro atoms. The van der Waals surface area contributed by atoms with Gasteiger partial charge in [0.15, 0.2) is 17.4 Å². The minimum absolute atomic E-state index is 0.109. The van der Waals surface area contributed by atoms with Gasteiger partial charge in [-0.05, 0) is 66.2 Å². The van der Waals surface area contributed by atoms with E-state index in [0.29, 0.717) is 5.76 Å². The van der Waals surface area contributed by atoms with E-state index in [1.165, 1.54) is 0 Å². The summed E-state index contributed by atoms with van der Waals surface area (Å²) in [6.45, 7) is 13.0. The normalized spacial score (nSPS) is 33.6. The molecule has 2 saturated heterocycles. The number of ether oxygens (including phenoxy) is 4. The van der Waals surface area contributed by atoms with Crippen LogP contribution in [0.5, 0.6) is 0 Å². The Labute approximate surface area is 154 Å². The molecule has 0 amide bonds. The predicted octanol–water partition coefficient (Wildman–Crippen LogP) is 4.00. The summed E-state index contributed by atoms with van der Waals surface area (Å²) in [7, 11) is 0. The van der Waals surface area contributed by atoms with E-state index in [0.717, 1.165) is 11.1 Å². The molecule has 2 aliphatic heterocycles. The minimum atomic E-state index is -0.743. The Hall–Kier alpha value is -1.47. The Morgan fingerprint density at radius 2 is 1.62 bits per heavy atom. The van der Waals surface area contributed by atoms with Crippen molar-refractivity contribution in [2.75, 3.05) is 0 Å². The molecule has 2 aliphatic rings. The highest BCUT2D eigenvalue weighted by Gasteiger charge is 2.42. The van der Waals surface area contributed by atoms with Crippen LogP contribution in [0.3, 0.4) is 0 Å². The second kappa shape index (κ2) is 6.60. The van der Waals surface area contributed by atoms with Crippen molar-refractivity contribution < 1.29 is 28.2 Å². The van der Waals surface area contributed by atoms with Crippen LogP contribution in [0.15, 0.2) is 22.8 Å². The molecule has 0 radical (unpaired) electrons. The maximum Gasteiger partial charge on any atom is 0.187 e. The first kappa shape index (κ1) is 19.3. The molecular weight excluding hydrogens is 336 g/mol. The lowest BCUT2D eigenvalue weighted by atomic mass is 10.0. The largest absolute Gasteiger partial charge is 0.466 e. The monoisotopic (exact) mass is 364 g/mol. The van der Waals surface area contributed by atoms with Gasteiger partial charge in [0.2, 0.25) is 0 Å². The molecule has 1 aromatic rings. The van der Waals surface area contributed by atoms with Crippen LogP contribution in [0, 0.1) is 0 Å². The smallest absolute Gasteiger partial charge is 0.187 e. The van der Waals surface area contributed by atoms with Gasteiger partial charge in [-0.3, -0.25) is 4.79 Å². The highest BCUT2D eigenvalue weighted by atomic mass is 16.8. The van der Waals surface area contributed by atoms with Gasteiger partial charge in [-0.15, -0.1) is 0 Å². The maximum atomic E-state index is 12.6. The van der Waals surface area contributed by atoms with Crippen molar-refractivity contribution in [1.82, 2.24) is 0 Å². The Balaban J connectivity index is 1.73. The molecule has 4 atom stereocenters. The van der Waals surface area contributed by atoms with E-state index in [9.17, 15) is 4.79 Å². The summed E-state index contributed by atoms with van der Waals surface area (Å²) in [5, 5.41) is 0. The molecule has 1 aromatic heterocycles. The molecule has 26 heavy (non-hydrogen) atoms. The van der Waals surface area contributed by atoms with Gasteiger partial charge in [0, 0.05) is 5.56 Å². The number of furan rings is 1. The highest BCUT2D eigenvalue weighted by Crippen LogP contribution is 2.39. The van der Waals surface area contributed by atoms with Crippen molar-refractivity contribution in [3.8, 4) is 0 Å². The molecule has 0 unspecified atom stereocenters. The lowest BCUT2D eigenvalue weighted by molar-refractivity contribution is -0.152. The Kier molecular flexibility index (Phi) is 4.90. The summed E-state index contributed by atoms with van der Waals surface area (Å²) in [5.41, 5.74) is 1.64. The van der Waals surface area contributed by atoms with Crippen LogP contribution in [-0.2, 0) is 23.7 Å². The molecule has 2 fully saturated rings. The van der Waals surface area contributed by atoms with Gasteiger partial charge in [0.25, 0.3) is 0 Å². The van der Waals surface area contributed by atoms with Gasteiger partial charge >= 0.3 is 0 Å². The van der Waals surface area contributed by atoms with Gasteiger partial charge in [0.05, 0.1) is 18.5 Å². The van der Waals surface area contributed by atoms with Crippen LogP contribution < -0.4 is 0 Å². The van der Waals surface area contributed by atoms with E-state index in [4.69, 9.17) is 23.4 Å². The van der Waals surface area contributed by atoms with E-state index >= 15 is 0 Å². The molecule has 0 aliphatic carbocycles. The first-order chi connectivity index (χ1) is 12.0. The van der Waals surface area contributed by atoms with Crippen LogP contribution >= 0.6 is 0 Å². The highest BCUT2D eigenvalue weighted by molar-refractivity contribution is 5.99. The van der Waals surface area contributed by atoms with Gasteiger partial charge in [-0.25, -0.2) is 0 Å². The Morgan fingerprint density at radius 1 is 1.00 bits per heavy atom. The maximum absolute atomic E-state index is 12.6. The lowest BCUT2D eigenvalue weighted by Crippen LogP contribution is -2.28. The number of hydrogen-bond acceptors (Lipinski definition) is 6. The molecule has 3 rings (SSSR count). The fraction of sp³-hybridized carbons (Fsp3) is 0.650. The minimum Gasteiger partial charge on any atom is -0.466 e. The summed E-state index contributed by atoms with van der Waals surface area (Å²) in [6, 6.07) is 1.89. The van der Waals surface area contributed by atoms with Crippen molar-refractivity contribution in [2.24, 2.45) is 0 Å². The van der Waals surface area contributed by atoms with E-state index < -0.39 is 17.7 Å². The third kappa shape index (κ3) is 3.93. The quantitative estimate of drug-likeness (QED) is 0.752. The molecule has 0 N–H and O–H groups in total. The van der Waals surface area contributed by atoms with Crippen molar-refractivity contribution in [2.45, 2.75) is 84.5 Å². The average Bonchev–Trinajstić information content (AvgIpc) is 3.14. The molecule has 3 heterocycles. The van der Waals surface area contributed by atoms with Crippen molar-refractivity contribution in [3.63, 3.8) is 0 Å². The Bertz CT molecular complexity index is 714. The molecule has 0 aromatic carbocycles. The fourth-order valence-corrected chi connectivity index (χ4v) is 3.54. The average molecular weight is 364 g/mol. The van der Waals surface area contributed by atoms with E-state index in [2.05, 4.69) is 0 Å². The number of carbonyl (C=O) groups is 1. The summed E-state index contributed by atoms with van der Waals surface area (Å²) < 4.78 is 28.7. The Morgan fingerprint density at radius 3 is 2.15 bits per heavy atom. The second-order valence-electron chi connectivity index (χ2n) is 7.99. The number of ketones is 1.